The number of carbonyl (C=O) groups is 1. The van der Waals surface area contributed by atoms with Gasteiger partial charge in [-0.3, -0.25) is 19.2 Å². The first-order chi connectivity index (χ1) is 16.0. The van der Waals surface area contributed by atoms with Gasteiger partial charge in [-0.2, -0.15) is 5.10 Å². The van der Waals surface area contributed by atoms with Crippen LogP contribution in [0.2, 0.25) is 0 Å². The molecule has 0 unspecified atom stereocenters. The van der Waals surface area contributed by atoms with Crippen molar-refractivity contribution in [1.29, 1.82) is 0 Å². The molecule has 0 saturated carbocycles. The molecule has 1 aromatic carbocycles. The second-order valence-corrected chi connectivity index (χ2v) is 9.29. The summed E-state index contributed by atoms with van der Waals surface area (Å²) in [5.74, 6) is -0.600. The van der Waals surface area contributed by atoms with E-state index in [2.05, 4.69) is 31.0 Å². The van der Waals surface area contributed by atoms with Gasteiger partial charge in [-0.1, -0.05) is 0 Å². The number of hydrogen-bond donors (Lipinski definition) is 1. The minimum Gasteiger partial charge on any atom is -0.381 e. The highest BCUT2D eigenvalue weighted by Crippen LogP contribution is 2.32. The number of anilines is 1. The normalized spacial score (nSPS) is 16.6. The van der Waals surface area contributed by atoms with Crippen LogP contribution in [0.3, 0.4) is 0 Å². The van der Waals surface area contributed by atoms with Crippen LogP contribution in [0.5, 0.6) is 0 Å². The largest absolute Gasteiger partial charge is 0.381 e. The lowest BCUT2D eigenvalue weighted by atomic mass is 10.1. The second-order valence-electron chi connectivity index (χ2n) is 8.37. The van der Waals surface area contributed by atoms with Crippen LogP contribution in [0.1, 0.15) is 34.8 Å². The highest BCUT2D eigenvalue weighted by molar-refractivity contribution is 9.10. The number of nitrogens with one attached hydrogen (secondary N) is 1. The lowest BCUT2D eigenvalue weighted by Gasteiger charge is -2.23. The average molecular weight is 512 g/mol. The van der Waals surface area contributed by atoms with E-state index in [0.717, 1.165) is 22.9 Å². The summed E-state index contributed by atoms with van der Waals surface area (Å²) in [6.07, 6.45) is 5.31. The molecule has 0 bridgehead atoms. The predicted molar refractivity (Wildman–Crippen MR) is 124 cm³/mol. The van der Waals surface area contributed by atoms with Gasteiger partial charge in [0.25, 0.3) is 11.5 Å². The summed E-state index contributed by atoms with van der Waals surface area (Å²) in [7, 11) is 0. The van der Waals surface area contributed by atoms with Gasteiger partial charge in [0.05, 0.1) is 34.2 Å². The van der Waals surface area contributed by atoms with Crippen LogP contribution in [0, 0.1) is 5.82 Å². The number of amides is 1. The van der Waals surface area contributed by atoms with Crippen LogP contribution >= 0.6 is 15.9 Å². The lowest BCUT2D eigenvalue weighted by molar-refractivity contribution is 0.0675. The Morgan fingerprint density at radius 2 is 2.00 bits per heavy atom. The first-order valence-corrected chi connectivity index (χ1v) is 11.6. The Kier molecular flexibility index (Phi) is 4.81. The van der Waals surface area contributed by atoms with Crippen LogP contribution in [0.4, 0.5) is 10.2 Å². The monoisotopic (exact) mass is 511 g/mol. The quantitative estimate of drug-likeness (QED) is 0.442. The molecule has 4 aromatic rings. The fraction of sp³-hybridized carbons (Fsp3) is 0.304. The lowest BCUT2D eigenvalue weighted by Crippen LogP contribution is -2.30. The summed E-state index contributed by atoms with van der Waals surface area (Å²) in [6, 6.07) is 4.73. The highest BCUT2D eigenvalue weighted by atomic mass is 79.9. The van der Waals surface area contributed by atoms with Gasteiger partial charge >= 0.3 is 0 Å². The zero-order valence-corrected chi connectivity index (χ0v) is 19.1. The van der Waals surface area contributed by atoms with Gasteiger partial charge in [-0.15, -0.1) is 0 Å². The summed E-state index contributed by atoms with van der Waals surface area (Å²) >= 11 is 3.39. The van der Waals surface area contributed by atoms with Gasteiger partial charge in [0.15, 0.2) is 0 Å². The molecule has 0 aliphatic carbocycles. The van der Waals surface area contributed by atoms with Crippen molar-refractivity contribution in [2.24, 2.45) is 0 Å². The molecule has 2 aliphatic rings. The van der Waals surface area contributed by atoms with E-state index in [1.807, 2.05) is 6.07 Å². The number of aromatic amines is 1. The molecule has 0 radical (unpaired) electrons. The van der Waals surface area contributed by atoms with Gasteiger partial charge in [-0.25, -0.2) is 9.37 Å². The van der Waals surface area contributed by atoms with Crippen LogP contribution in [0.25, 0.3) is 21.8 Å². The Morgan fingerprint density at radius 3 is 2.82 bits per heavy atom. The summed E-state index contributed by atoms with van der Waals surface area (Å²) in [5, 5.41) is 5.36. The highest BCUT2D eigenvalue weighted by Gasteiger charge is 2.30. The number of hydrogen-bond acceptors (Lipinski definition) is 5. The van der Waals surface area contributed by atoms with Crippen LogP contribution in [-0.2, 0) is 11.2 Å². The van der Waals surface area contributed by atoms with Gasteiger partial charge < -0.3 is 9.72 Å². The van der Waals surface area contributed by atoms with Crippen molar-refractivity contribution in [1.82, 2.24) is 19.7 Å². The molecule has 8 nitrogen and oxygen atoms in total. The number of pyridine rings is 2. The second kappa shape index (κ2) is 7.74. The zero-order valence-electron chi connectivity index (χ0n) is 17.5. The third-order valence-corrected chi connectivity index (χ3v) is 6.87. The predicted octanol–water partition coefficient (Wildman–Crippen LogP) is 3.73. The molecule has 1 N–H and O–H groups in total. The van der Waals surface area contributed by atoms with Gasteiger partial charge in [0.1, 0.15) is 11.6 Å². The summed E-state index contributed by atoms with van der Waals surface area (Å²) in [6.45, 7) is 1.64. The molecule has 1 amide bonds. The molecule has 2 aliphatic heterocycles. The smallest absolute Gasteiger partial charge is 0.262 e. The van der Waals surface area contributed by atoms with E-state index in [-0.39, 0.29) is 17.2 Å². The Morgan fingerprint density at radius 1 is 1.18 bits per heavy atom. The van der Waals surface area contributed by atoms with Crippen molar-refractivity contribution in [2.45, 2.75) is 25.3 Å². The molecule has 6 rings (SSSR count). The number of nitrogens with zero attached hydrogens (tertiary/aromatic N) is 4. The Labute approximate surface area is 195 Å². The van der Waals surface area contributed by atoms with Crippen molar-refractivity contribution in [3.63, 3.8) is 0 Å². The standard InChI is InChI=1S/C23H19BrFN5O3/c24-13-7-12-1-4-29(21(12)26-10-13)23(32)15-9-19-16(8-18(15)25)20-17(22(31)28-19)11-27-30(20)14-2-5-33-6-3-14/h7-11,14H,1-6H2,(H,28,31). The van der Waals surface area contributed by atoms with Crippen molar-refractivity contribution in [3.8, 4) is 0 Å². The number of rotatable bonds is 2. The van der Waals surface area contributed by atoms with Crippen LogP contribution in [0.15, 0.2) is 39.9 Å². The number of H-pyrrole nitrogens is 1. The molecule has 33 heavy (non-hydrogen) atoms. The van der Waals surface area contributed by atoms with Crippen LogP contribution in [-0.4, -0.2) is 45.4 Å². The van der Waals surface area contributed by atoms with E-state index in [1.54, 1.807) is 10.9 Å². The molecule has 0 spiro atoms. The van der Waals surface area contributed by atoms with Crippen molar-refractivity contribution in [3.05, 3.63) is 62.4 Å². The van der Waals surface area contributed by atoms with E-state index in [1.165, 1.54) is 23.2 Å². The number of ether oxygens (including phenoxy) is 1. The maximum absolute atomic E-state index is 15.4. The summed E-state index contributed by atoms with van der Waals surface area (Å²) in [5.41, 5.74) is 1.48. The maximum atomic E-state index is 15.4. The average Bonchev–Trinajstić information content (AvgIpc) is 3.44. The molecule has 0 atom stereocenters. The van der Waals surface area contributed by atoms with Crippen molar-refractivity contribution < 1.29 is 13.9 Å². The Bertz CT molecular complexity index is 1490. The van der Waals surface area contributed by atoms with E-state index in [0.29, 0.717) is 53.8 Å². The summed E-state index contributed by atoms with van der Waals surface area (Å²) < 4.78 is 23.4. The Hall–Kier alpha value is -3.11. The Balaban J connectivity index is 1.48. The van der Waals surface area contributed by atoms with E-state index < -0.39 is 11.7 Å². The number of fused-ring (bicyclic) bond motifs is 4. The first kappa shape index (κ1) is 20.5. The molecule has 168 valence electrons. The maximum Gasteiger partial charge on any atom is 0.262 e. The third kappa shape index (κ3) is 3.27. The van der Waals surface area contributed by atoms with Gasteiger partial charge in [0.2, 0.25) is 0 Å². The molecule has 3 aromatic heterocycles. The number of aromatic nitrogens is 4. The van der Waals surface area contributed by atoms with Crippen LogP contribution < -0.4 is 10.5 Å². The molecule has 1 saturated heterocycles. The zero-order chi connectivity index (χ0) is 22.7. The molecular weight excluding hydrogens is 493 g/mol. The van der Waals surface area contributed by atoms with E-state index in [4.69, 9.17) is 4.74 Å². The third-order valence-electron chi connectivity index (χ3n) is 6.43. The number of benzene rings is 1. The molecular formula is C23H19BrFN5O3. The molecule has 10 heteroatoms. The fourth-order valence-electron chi connectivity index (χ4n) is 4.81. The fourth-order valence-corrected chi connectivity index (χ4v) is 5.19. The van der Waals surface area contributed by atoms with E-state index >= 15 is 4.39 Å². The topological polar surface area (TPSA) is 93.1 Å². The minimum absolute atomic E-state index is 0.0668. The first-order valence-electron chi connectivity index (χ1n) is 10.8. The van der Waals surface area contributed by atoms with E-state index in [9.17, 15) is 9.59 Å². The SMILES string of the molecule is O=C(c1cc2[nH]c(=O)c3cnn(C4CCOCC4)c3c2cc1F)N1CCc2cc(Br)cnc21. The molecule has 1 fully saturated rings. The molecule has 5 heterocycles. The number of halogens is 2. The van der Waals surface area contributed by atoms with Gasteiger partial charge in [-0.05, 0) is 59.0 Å². The van der Waals surface area contributed by atoms with Gasteiger partial charge in [0, 0.05) is 35.8 Å². The van der Waals surface area contributed by atoms with Crippen molar-refractivity contribution in [2.75, 3.05) is 24.7 Å². The minimum atomic E-state index is -0.647. The summed E-state index contributed by atoms with van der Waals surface area (Å²) in [4.78, 5) is 34.7. The number of carbonyl (C=O) groups excluding carboxylic acids is 1. The van der Waals surface area contributed by atoms with Crippen molar-refractivity contribution >= 4 is 49.5 Å².